The van der Waals surface area contributed by atoms with Crippen LogP contribution >= 0.6 is 0 Å². The number of nitriles is 1. The molecule has 0 aliphatic rings. The quantitative estimate of drug-likeness (QED) is 0.380. The minimum atomic E-state index is -0.639. The van der Waals surface area contributed by atoms with Crippen molar-refractivity contribution in [2.45, 2.75) is 32.7 Å². The van der Waals surface area contributed by atoms with Gasteiger partial charge in [-0.1, -0.05) is 38.0 Å². The first kappa shape index (κ1) is 18.3. The Morgan fingerprint density at radius 3 is 2.48 bits per heavy atom. The summed E-state index contributed by atoms with van der Waals surface area (Å²) in [6.07, 6.45) is 2.81. The number of nitrogens with zero attached hydrogens (tertiary/aromatic N) is 3. The Labute approximate surface area is 156 Å². The molecule has 3 rings (SSSR count). The molecule has 0 aliphatic carbocycles. The summed E-state index contributed by atoms with van der Waals surface area (Å²) in [5.74, 6) is -0.325. The van der Waals surface area contributed by atoms with Gasteiger partial charge in [-0.05, 0) is 36.8 Å². The van der Waals surface area contributed by atoms with Crippen LogP contribution in [0, 0.1) is 11.3 Å². The molecule has 0 fully saturated rings. The third-order valence-electron chi connectivity index (χ3n) is 4.23. The lowest BCUT2D eigenvalue weighted by molar-refractivity contribution is 0.0728. The van der Waals surface area contributed by atoms with Crippen LogP contribution in [0.2, 0.25) is 0 Å². The summed E-state index contributed by atoms with van der Waals surface area (Å²) < 4.78 is 6.74. The highest BCUT2D eigenvalue weighted by Gasteiger charge is 2.18. The Morgan fingerprint density at radius 1 is 1.11 bits per heavy atom. The van der Waals surface area contributed by atoms with Gasteiger partial charge in [-0.2, -0.15) is 10.4 Å². The van der Waals surface area contributed by atoms with Gasteiger partial charge in [0.25, 0.3) is 5.56 Å². The third kappa shape index (κ3) is 4.04. The Balaban J connectivity index is 1.98. The molecule has 6 heteroatoms. The monoisotopic (exact) mass is 361 g/mol. The zero-order valence-electron chi connectivity index (χ0n) is 15.0. The van der Waals surface area contributed by atoms with Crippen molar-refractivity contribution in [2.24, 2.45) is 0 Å². The summed E-state index contributed by atoms with van der Waals surface area (Å²) in [4.78, 5) is 25.4. The number of rotatable bonds is 6. The zero-order chi connectivity index (χ0) is 19.2. The van der Waals surface area contributed by atoms with Crippen LogP contribution in [0.1, 0.15) is 42.2 Å². The van der Waals surface area contributed by atoms with Gasteiger partial charge in [0.1, 0.15) is 5.75 Å². The number of esters is 1. The van der Waals surface area contributed by atoms with Crippen molar-refractivity contribution in [3.05, 3.63) is 70.1 Å². The number of benzene rings is 2. The number of hydrogen-bond donors (Lipinski definition) is 0. The number of aryl methyl sites for hydroxylation is 1. The fraction of sp³-hybridized carbons (Fsp3) is 0.238. The summed E-state index contributed by atoms with van der Waals surface area (Å²) >= 11 is 0. The Hall–Kier alpha value is -3.46. The average Bonchev–Trinajstić information content (AvgIpc) is 2.70. The van der Waals surface area contributed by atoms with Gasteiger partial charge in [0.15, 0.2) is 5.69 Å². The van der Waals surface area contributed by atoms with Crippen LogP contribution < -0.4 is 10.3 Å². The topological polar surface area (TPSA) is 85.0 Å². The largest absolute Gasteiger partial charge is 0.422 e. The first-order valence-corrected chi connectivity index (χ1v) is 8.86. The number of hydrogen-bond acceptors (Lipinski definition) is 5. The van der Waals surface area contributed by atoms with Crippen molar-refractivity contribution in [3.63, 3.8) is 0 Å². The maximum absolute atomic E-state index is 12.7. The molecule has 0 atom stereocenters. The van der Waals surface area contributed by atoms with Gasteiger partial charge in [-0.15, -0.1) is 0 Å². The molecule has 2 aromatic carbocycles. The second-order valence-corrected chi connectivity index (χ2v) is 6.16. The number of aromatic nitrogens is 2. The summed E-state index contributed by atoms with van der Waals surface area (Å²) in [7, 11) is 0. The normalized spacial score (nSPS) is 10.5. The maximum Gasteiger partial charge on any atom is 0.364 e. The van der Waals surface area contributed by atoms with Crippen molar-refractivity contribution in [1.29, 1.82) is 5.26 Å². The predicted octanol–water partition coefficient (Wildman–Crippen LogP) is 3.68. The van der Waals surface area contributed by atoms with Gasteiger partial charge in [0, 0.05) is 11.9 Å². The zero-order valence-corrected chi connectivity index (χ0v) is 15.0. The molecule has 0 saturated heterocycles. The van der Waals surface area contributed by atoms with Crippen molar-refractivity contribution in [2.75, 3.05) is 0 Å². The molecule has 6 nitrogen and oxygen atoms in total. The minimum absolute atomic E-state index is 0.103. The SMILES string of the molecule is CCCCCn1nc(C(=O)Oc2ccc(C#N)cc2)c2ccccc2c1=O. The van der Waals surface area contributed by atoms with E-state index in [0.717, 1.165) is 19.3 Å². The van der Waals surface area contributed by atoms with E-state index in [9.17, 15) is 9.59 Å². The van der Waals surface area contributed by atoms with Crippen molar-refractivity contribution in [1.82, 2.24) is 9.78 Å². The molecule has 136 valence electrons. The second-order valence-electron chi connectivity index (χ2n) is 6.16. The number of fused-ring (bicyclic) bond motifs is 1. The van der Waals surface area contributed by atoms with Gasteiger partial charge in [-0.3, -0.25) is 4.79 Å². The van der Waals surface area contributed by atoms with E-state index in [1.165, 1.54) is 4.68 Å². The van der Waals surface area contributed by atoms with Gasteiger partial charge in [-0.25, -0.2) is 9.48 Å². The standard InChI is InChI=1S/C21H19N3O3/c1-2-3-6-13-24-20(25)18-8-5-4-7-17(18)19(23-24)21(26)27-16-11-9-15(14-22)10-12-16/h4-5,7-12H,2-3,6,13H2,1H3. The van der Waals surface area contributed by atoms with E-state index in [1.807, 2.05) is 6.07 Å². The highest BCUT2D eigenvalue weighted by Crippen LogP contribution is 2.18. The molecule has 0 spiro atoms. The van der Waals surface area contributed by atoms with E-state index in [0.29, 0.717) is 28.6 Å². The van der Waals surface area contributed by atoms with Crippen LogP contribution in [0.25, 0.3) is 10.8 Å². The highest BCUT2D eigenvalue weighted by molar-refractivity contribution is 6.02. The van der Waals surface area contributed by atoms with Crippen LogP contribution in [0.5, 0.6) is 5.75 Å². The van der Waals surface area contributed by atoms with E-state index in [1.54, 1.807) is 48.5 Å². The Kier molecular flexibility index (Phi) is 5.62. The molecule has 0 bridgehead atoms. The van der Waals surface area contributed by atoms with Crippen molar-refractivity contribution in [3.8, 4) is 11.8 Å². The number of unbranched alkanes of at least 4 members (excludes halogenated alkanes) is 2. The second kappa shape index (κ2) is 8.28. The van der Waals surface area contributed by atoms with E-state index < -0.39 is 5.97 Å². The number of carbonyl (C=O) groups excluding carboxylic acids is 1. The fourth-order valence-corrected chi connectivity index (χ4v) is 2.80. The lowest BCUT2D eigenvalue weighted by Crippen LogP contribution is -2.27. The van der Waals surface area contributed by atoms with Crippen molar-refractivity contribution >= 4 is 16.7 Å². The molecule has 0 N–H and O–H groups in total. The molecule has 0 radical (unpaired) electrons. The first-order chi connectivity index (χ1) is 13.1. The van der Waals surface area contributed by atoms with Gasteiger partial charge < -0.3 is 4.74 Å². The molecule has 1 aromatic heterocycles. The van der Waals surface area contributed by atoms with Crippen molar-refractivity contribution < 1.29 is 9.53 Å². The molecule has 1 heterocycles. The van der Waals surface area contributed by atoms with Crippen LogP contribution in [-0.4, -0.2) is 15.7 Å². The molecule has 3 aromatic rings. The lowest BCUT2D eigenvalue weighted by atomic mass is 10.1. The van der Waals surface area contributed by atoms with Crippen LogP contribution in [0.15, 0.2) is 53.3 Å². The predicted molar refractivity (Wildman–Crippen MR) is 102 cm³/mol. The van der Waals surface area contributed by atoms with Gasteiger partial charge in [0.2, 0.25) is 0 Å². The van der Waals surface area contributed by atoms with E-state index in [4.69, 9.17) is 10.00 Å². The lowest BCUT2D eigenvalue weighted by Gasteiger charge is -2.10. The van der Waals surface area contributed by atoms with E-state index in [2.05, 4.69) is 12.0 Å². The highest BCUT2D eigenvalue weighted by atomic mass is 16.5. The number of carbonyl (C=O) groups is 1. The molecule has 0 unspecified atom stereocenters. The van der Waals surface area contributed by atoms with Gasteiger partial charge >= 0.3 is 5.97 Å². The molecule has 27 heavy (non-hydrogen) atoms. The summed E-state index contributed by atoms with van der Waals surface area (Å²) in [6.45, 7) is 2.53. The minimum Gasteiger partial charge on any atom is -0.422 e. The van der Waals surface area contributed by atoms with Crippen LogP contribution in [0.4, 0.5) is 0 Å². The summed E-state index contributed by atoms with van der Waals surface area (Å²) in [5, 5.41) is 14.0. The molecule has 0 aliphatic heterocycles. The molecular weight excluding hydrogens is 342 g/mol. The first-order valence-electron chi connectivity index (χ1n) is 8.86. The summed E-state index contributed by atoms with van der Waals surface area (Å²) in [6, 6.07) is 15.1. The van der Waals surface area contributed by atoms with Crippen LogP contribution in [0.3, 0.4) is 0 Å². The van der Waals surface area contributed by atoms with E-state index in [-0.39, 0.29) is 11.3 Å². The molecule has 0 amide bonds. The van der Waals surface area contributed by atoms with E-state index >= 15 is 0 Å². The molecule has 0 saturated carbocycles. The third-order valence-corrected chi connectivity index (χ3v) is 4.23. The molecular formula is C21H19N3O3. The van der Waals surface area contributed by atoms with Gasteiger partial charge in [0.05, 0.1) is 17.0 Å². The summed E-state index contributed by atoms with van der Waals surface area (Å²) in [5.41, 5.74) is 0.366. The average molecular weight is 361 g/mol. The fourth-order valence-electron chi connectivity index (χ4n) is 2.80. The Bertz CT molecular complexity index is 1060. The maximum atomic E-state index is 12.7. The smallest absolute Gasteiger partial charge is 0.364 e. The number of ether oxygens (including phenoxy) is 1. The van der Waals surface area contributed by atoms with Crippen LogP contribution in [-0.2, 0) is 6.54 Å². The Morgan fingerprint density at radius 2 is 1.81 bits per heavy atom.